The molecule has 0 aliphatic heterocycles. The Hall–Kier alpha value is -4.63. The highest BCUT2D eigenvalue weighted by atomic mass is 19.1. The van der Waals surface area contributed by atoms with Gasteiger partial charge in [0.25, 0.3) is 0 Å². The van der Waals surface area contributed by atoms with E-state index in [2.05, 4.69) is 39.7 Å². The number of nitrogens with one attached hydrogen (secondary N) is 3. The molecule has 5 nitrogen and oxygen atoms in total. The summed E-state index contributed by atoms with van der Waals surface area (Å²) in [4.78, 5) is 21.1. The molecule has 3 aromatic carbocycles. The van der Waals surface area contributed by atoms with Crippen molar-refractivity contribution in [3.05, 3.63) is 108 Å². The van der Waals surface area contributed by atoms with E-state index < -0.39 is 0 Å². The van der Waals surface area contributed by atoms with Gasteiger partial charge in [-0.25, -0.2) is 9.37 Å². The van der Waals surface area contributed by atoms with E-state index in [-0.39, 0.29) is 11.6 Å². The number of fused-ring (bicyclic) bond motifs is 1. The van der Waals surface area contributed by atoms with Gasteiger partial charge in [0.1, 0.15) is 5.82 Å². The van der Waals surface area contributed by atoms with Gasteiger partial charge in [-0.15, -0.1) is 12.3 Å². The summed E-state index contributed by atoms with van der Waals surface area (Å²) in [6.45, 7) is 8.03. The third-order valence-electron chi connectivity index (χ3n) is 5.25. The van der Waals surface area contributed by atoms with Crippen LogP contribution in [0.4, 0.5) is 16.0 Å². The van der Waals surface area contributed by atoms with E-state index in [0.29, 0.717) is 46.9 Å². The molecule has 0 amide bonds. The zero-order valence-corrected chi connectivity index (χ0v) is 18.5. The molecular formula is C28H23FN4O. The van der Waals surface area contributed by atoms with Crippen molar-refractivity contribution >= 4 is 34.1 Å². The lowest BCUT2D eigenvalue weighted by atomic mass is 9.96. The van der Waals surface area contributed by atoms with E-state index in [4.69, 9.17) is 6.42 Å². The maximum absolute atomic E-state index is 13.4. The smallest absolute Gasteiger partial charge is 0.205 e. The van der Waals surface area contributed by atoms with Crippen LogP contribution < -0.4 is 10.6 Å². The molecule has 0 unspecified atom stereocenters. The number of imidazole rings is 1. The largest absolute Gasteiger partial charge is 0.355 e. The number of hydrogen-bond donors (Lipinski definition) is 3. The Morgan fingerprint density at radius 2 is 1.76 bits per heavy atom. The number of nitrogens with zero attached hydrogens (tertiary/aromatic N) is 1. The molecule has 0 aliphatic carbocycles. The van der Waals surface area contributed by atoms with Gasteiger partial charge in [0.2, 0.25) is 5.95 Å². The Morgan fingerprint density at radius 3 is 2.50 bits per heavy atom. The van der Waals surface area contributed by atoms with Crippen molar-refractivity contribution in [2.75, 3.05) is 10.6 Å². The zero-order valence-electron chi connectivity index (χ0n) is 18.5. The van der Waals surface area contributed by atoms with Gasteiger partial charge >= 0.3 is 0 Å². The van der Waals surface area contributed by atoms with Crippen molar-refractivity contribution in [2.45, 2.75) is 12.8 Å². The number of allylic oxidation sites excluding steroid dienone is 1. The van der Waals surface area contributed by atoms with E-state index >= 15 is 0 Å². The van der Waals surface area contributed by atoms with Gasteiger partial charge in [0.15, 0.2) is 5.78 Å². The summed E-state index contributed by atoms with van der Waals surface area (Å²) in [5.41, 5.74) is 5.09. The molecule has 1 heterocycles. The van der Waals surface area contributed by atoms with Crippen LogP contribution >= 0.6 is 0 Å². The second-order valence-electron chi connectivity index (χ2n) is 7.74. The van der Waals surface area contributed by atoms with E-state index in [1.807, 2.05) is 12.1 Å². The molecular weight excluding hydrogens is 427 g/mol. The predicted octanol–water partition coefficient (Wildman–Crippen LogP) is 6.35. The van der Waals surface area contributed by atoms with Crippen LogP contribution in [0.25, 0.3) is 16.7 Å². The fraction of sp³-hybridized carbons (Fsp3) is 0.0714. The maximum atomic E-state index is 13.4. The number of ketones is 1. The van der Waals surface area contributed by atoms with Crippen LogP contribution in [0.2, 0.25) is 0 Å². The number of rotatable bonds is 9. The summed E-state index contributed by atoms with van der Waals surface area (Å²) in [6, 6.07) is 18.5. The maximum Gasteiger partial charge on any atom is 0.205 e. The lowest BCUT2D eigenvalue weighted by molar-refractivity contribution is 0.103. The molecule has 34 heavy (non-hydrogen) atoms. The minimum absolute atomic E-state index is 0.151. The molecule has 168 valence electrons. The number of H-pyrrole nitrogens is 1. The van der Waals surface area contributed by atoms with Crippen LogP contribution in [-0.2, 0) is 0 Å². The molecule has 4 rings (SSSR count). The van der Waals surface area contributed by atoms with Crippen molar-refractivity contribution in [3.63, 3.8) is 0 Å². The second-order valence-corrected chi connectivity index (χ2v) is 7.74. The lowest BCUT2D eigenvalue weighted by Crippen LogP contribution is -2.08. The topological polar surface area (TPSA) is 69.8 Å². The molecule has 0 atom stereocenters. The monoisotopic (exact) mass is 450 g/mol. The number of terminal acetylenes is 1. The van der Waals surface area contributed by atoms with E-state index in [9.17, 15) is 9.18 Å². The van der Waals surface area contributed by atoms with Gasteiger partial charge in [-0.1, -0.05) is 37.4 Å². The summed E-state index contributed by atoms with van der Waals surface area (Å²) in [5.74, 6) is 2.65. The molecule has 0 fully saturated rings. The van der Waals surface area contributed by atoms with Crippen molar-refractivity contribution < 1.29 is 9.18 Å². The Kier molecular flexibility index (Phi) is 6.56. The number of anilines is 2. The highest BCUT2D eigenvalue weighted by Crippen LogP contribution is 2.25. The highest BCUT2D eigenvalue weighted by molar-refractivity contribution is 6.13. The molecule has 0 spiro atoms. The average molecular weight is 451 g/mol. The Bertz CT molecular complexity index is 1430. The fourth-order valence-corrected chi connectivity index (χ4v) is 3.54. The first-order valence-electron chi connectivity index (χ1n) is 10.7. The standard InChI is InChI=1S/C28H23FN4O/c1-4-5-8-18(2)30-28-32-25-16-11-20(17-26(25)33-28)27(34)24-10-7-6-9-23(24)19(3)31-22-14-12-21(29)13-15-22/h1,6-7,9-17,31H,2-3,5,8H2,(H2,30,32,33). The third-order valence-corrected chi connectivity index (χ3v) is 5.25. The SMILES string of the molecule is C#CCCC(=C)Nc1nc2ccc(C(=O)c3ccccc3C(=C)Nc3ccc(F)cc3)cc2[nH]1. The van der Waals surface area contributed by atoms with Crippen LogP contribution in [0.5, 0.6) is 0 Å². The van der Waals surface area contributed by atoms with E-state index in [1.165, 1.54) is 12.1 Å². The molecule has 3 N–H and O–H groups in total. The molecule has 0 saturated heterocycles. The van der Waals surface area contributed by atoms with Crippen LogP contribution in [0, 0.1) is 18.2 Å². The number of aromatic amines is 1. The van der Waals surface area contributed by atoms with E-state index in [1.54, 1.807) is 42.5 Å². The summed E-state index contributed by atoms with van der Waals surface area (Å²) < 4.78 is 13.2. The Balaban J connectivity index is 1.57. The number of halogens is 1. The zero-order chi connectivity index (χ0) is 24.1. The number of benzene rings is 3. The van der Waals surface area contributed by atoms with Gasteiger partial charge in [-0.2, -0.15) is 0 Å². The number of hydrogen-bond acceptors (Lipinski definition) is 4. The van der Waals surface area contributed by atoms with E-state index in [0.717, 1.165) is 16.7 Å². The lowest BCUT2D eigenvalue weighted by Gasteiger charge is -2.14. The minimum atomic E-state index is -0.323. The molecule has 0 aliphatic rings. The summed E-state index contributed by atoms with van der Waals surface area (Å²) in [6.07, 6.45) is 6.53. The number of carbonyl (C=O) groups is 1. The number of carbonyl (C=O) groups excluding carboxylic acids is 1. The molecule has 0 saturated carbocycles. The quantitative estimate of drug-likeness (QED) is 0.205. The normalized spacial score (nSPS) is 10.5. The van der Waals surface area contributed by atoms with Crippen molar-refractivity contribution in [2.24, 2.45) is 0 Å². The molecule has 4 aromatic rings. The van der Waals surface area contributed by atoms with Gasteiger partial charge in [-0.3, -0.25) is 4.79 Å². The van der Waals surface area contributed by atoms with Crippen LogP contribution in [0.3, 0.4) is 0 Å². The van der Waals surface area contributed by atoms with Crippen LogP contribution in [0.15, 0.2) is 85.6 Å². The Labute approximate surface area is 197 Å². The van der Waals surface area contributed by atoms with Crippen molar-refractivity contribution in [3.8, 4) is 12.3 Å². The predicted molar refractivity (Wildman–Crippen MR) is 136 cm³/mol. The van der Waals surface area contributed by atoms with Gasteiger partial charge < -0.3 is 15.6 Å². The Morgan fingerprint density at radius 1 is 1.03 bits per heavy atom. The van der Waals surface area contributed by atoms with Crippen molar-refractivity contribution in [1.29, 1.82) is 0 Å². The second kappa shape index (κ2) is 9.88. The molecule has 6 heteroatoms. The molecule has 0 radical (unpaired) electrons. The molecule has 1 aromatic heterocycles. The van der Waals surface area contributed by atoms with Gasteiger partial charge in [0, 0.05) is 40.2 Å². The number of aromatic nitrogens is 2. The minimum Gasteiger partial charge on any atom is -0.355 e. The summed E-state index contributed by atoms with van der Waals surface area (Å²) >= 11 is 0. The summed E-state index contributed by atoms with van der Waals surface area (Å²) in [7, 11) is 0. The fourth-order valence-electron chi connectivity index (χ4n) is 3.54. The third kappa shape index (κ3) is 5.05. The molecule has 0 bridgehead atoms. The summed E-state index contributed by atoms with van der Waals surface area (Å²) in [5, 5.41) is 6.25. The van der Waals surface area contributed by atoms with Crippen LogP contribution in [0.1, 0.15) is 34.3 Å². The van der Waals surface area contributed by atoms with Crippen LogP contribution in [-0.4, -0.2) is 15.8 Å². The van der Waals surface area contributed by atoms with Gasteiger partial charge in [-0.05, 0) is 48.9 Å². The first-order chi connectivity index (χ1) is 16.4. The van der Waals surface area contributed by atoms with Crippen molar-refractivity contribution in [1.82, 2.24) is 9.97 Å². The average Bonchev–Trinajstić information content (AvgIpc) is 3.25. The highest BCUT2D eigenvalue weighted by Gasteiger charge is 2.16. The first-order valence-corrected chi connectivity index (χ1v) is 10.7. The first kappa shape index (κ1) is 22.6. The van der Waals surface area contributed by atoms with Gasteiger partial charge in [0.05, 0.1) is 11.0 Å².